The second-order valence-electron chi connectivity index (χ2n) is 9.92. The third kappa shape index (κ3) is 11.3. The van der Waals surface area contributed by atoms with Crippen molar-refractivity contribution < 1.29 is 55.6 Å². The molecule has 0 radical (unpaired) electrons. The Labute approximate surface area is 222 Å². The van der Waals surface area contributed by atoms with E-state index in [9.17, 15) is 26.3 Å². The summed E-state index contributed by atoms with van der Waals surface area (Å²) in [6, 6.07) is 9.72. The predicted octanol–water partition coefficient (Wildman–Crippen LogP) is 3.96. The van der Waals surface area contributed by atoms with Gasteiger partial charge in [-0.25, -0.2) is 9.59 Å². The van der Waals surface area contributed by atoms with Gasteiger partial charge in [0, 0.05) is 50.8 Å². The second kappa shape index (κ2) is 14.3. The minimum absolute atomic E-state index is 0.319. The maximum Gasteiger partial charge on any atom is 0.490 e. The van der Waals surface area contributed by atoms with E-state index in [1.54, 1.807) is 0 Å². The Kier molecular flexibility index (Phi) is 12.0. The summed E-state index contributed by atoms with van der Waals surface area (Å²) >= 11 is 0. The van der Waals surface area contributed by atoms with Crippen LogP contribution >= 0.6 is 0 Å². The topological polar surface area (TPSA) is 99.5 Å². The van der Waals surface area contributed by atoms with E-state index in [4.69, 9.17) is 29.3 Å². The number of hydrogen-bond acceptors (Lipinski definition) is 6. The van der Waals surface area contributed by atoms with Crippen molar-refractivity contribution in [3.05, 3.63) is 35.4 Å². The Hall–Kier alpha value is -2.42. The van der Waals surface area contributed by atoms with Crippen LogP contribution in [0.4, 0.5) is 26.3 Å². The molecule has 1 aromatic carbocycles. The van der Waals surface area contributed by atoms with E-state index in [0.717, 1.165) is 45.6 Å². The molecule has 3 heterocycles. The smallest absolute Gasteiger partial charge is 0.475 e. The molecule has 1 unspecified atom stereocenters. The lowest BCUT2D eigenvalue weighted by Crippen LogP contribution is -2.43. The summed E-state index contributed by atoms with van der Waals surface area (Å²) in [6.07, 6.45) is -6.50. The average molecular weight is 573 g/mol. The predicted molar refractivity (Wildman–Crippen MR) is 127 cm³/mol. The minimum Gasteiger partial charge on any atom is -0.475 e. The van der Waals surface area contributed by atoms with Crippen molar-refractivity contribution in [3.63, 3.8) is 0 Å². The number of carboxylic acid groups (broad SMARTS) is 2. The number of likely N-dealkylation sites (tertiary alicyclic amines) is 1. The van der Waals surface area contributed by atoms with E-state index >= 15 is 0 Å². The number of aliphatic carboxylic acids is 2. The van der Waals surface area contributed by atoms with Crippen LogP contribution in [0.15, 0.2) is 24.3 Å². The highest BCUT2D eigenvalue weighted by atomic mass is 19.4. The Balaban J connectivity index is 0.000000317. The first-order valence-electron chi connectivity index (χ1n) is 12.4. The fraction of sp³-hybridized carbons (Fsp3) is 0.680. The molecular formula is C25H34F6N2O6. The van der Waals surface area contributed by atoms with Gasteiger partial charge in [0.1, 0.15) is 0 Å². The van der Waals surface area contributed by atoms with Gasteiger partial charge in [0.2, 0.25) is 0 Å². The van der Waals surface area contributed by atoms with E-state index in [1.807, 2.05) is 0 Å². The lowest BCUT2D eigenvalue weighted by molar-refractivity contribution is -0.193. The second-order valence-corrected chi connectivity index (χ2v) is 9.92. The normalized spacial score (nSPS) is 23.3. The molecule has 1 aromatic rings. The monoisotopic (exact) mass is 572 g/mol. The van der Waals surface area contributed by atoms with Crippen molar-refractivity contribution in [2.45, 2.75) is 51.1 Å². The number of aryl methyl sites for hydroxylation is 1. The molecule has 8 nitrogen and oxygen atoms in total. The molecule has 1 atom stereocenters. The Morgan fingerprint density at radius 1 is 0.897 bits per heavy atom. The van der Waals surface area contributed by atoms with Crippen LogP contribution in [-0.2, 0) is 25.6 Å². The first-order chi connectivity index (χ1) is 18.1. The third-order valence-corrected chi connectivity index (χ3v) is 6.71. The van der Waals surface area contributed by atoms with Crippen LogP contribution in [0, 0.1) is 12.3 Å². The molecule has 0 saturated carbocycles. The third-order valence-electron chi connectivity index (χ3n) is 6.71. The van der Waals surface area contributed by atoms with Crippen LogP contribution in [0.5, 0.6) is 0 Å². The minimum atomic E-state index is -5.08. The van der Waals surface area contributed by atoms with Gasteiger partial charge in [-0.1, -0.05) is 29.8 Å². The van der Waals surface area contributed by atoms with Crippen LogP contribution in [-0.4, -0.2) is 103 Å². The highest BCUT2D eigenvalue weighted by Gasteiger charge is 2.43. The Morgan fingerprint density at radius 2 is 1.44 bits per heavy atom. The Morgan fingerprint density at radius 3 is 1.95 bits per heavy atom. The number of benzene rings is 1. The van der Waals surface area contributed by atoms with Crippen molar-refractivity contribution in [2.24, 2.45) is 5.41 Å². The average Bonchev–Trinajstić information content (AvgIpc) is 3.16. The van der Waals surface area contributed by atoms with Crippen LogP contribution in [0.25, 0.3) is 0 Å². The number of alkyl halides is 6. The first kappa shape index (κ1) is 32.8. The fourth-order valence-corrected chi connectivity index (χ4v) is 4.75. The number of carboxylic acids is 2. The van der Waals surface area contributed by atoms with E-state index < -0.39 is 24.3 Å². The van der Waals surface area contributed by atoms with E-state index in [0.29, 0.717) is 5.41 Å². The molecule has 0 aliphatic carbocycles. The summed E-state index contributed by atoms with van der Waals surface area (Å²) in [6.45, 7) is 11.5. The standard InChI is InChI=1S/C21H32N2O2.2C2HF3O2/c1-18-2-4-19(5-3-18)14-22-10-13-25-17-21(15-22)8-9-23(16-21)20-6-11-24-12-7-20;2*3-2(4,5)1(6)7/h2-5,20H,6-17H2,1H3;2*(H,6,7). The highest BCUT2D eigenvalue weighted by molar-refractivity contribution is 5.73. The molecule has 222 valence electrons. The largest absolute Gasteiger partial charge is 0.490 e. The van der Waals surface area contributed by atoms with Crippen molar-refractivity contribution in [1.29, 1.82) is 0 Å². The van der Waals surface area contributed by atoms with Crippen LogP contribution in [0.2, 0.25) is 0 Å². The molecule has 0 bridgehead atoms. The molecular weight excluding hydrogens is 538 g/mol. The number of hydrogen-bond donors (Lipinski definition) is 2. The number of rotatable bonds is 3. The van der Waals surface area contributed by atoms with Crippen molar-refractivity contribution in [2.75, 3.05) is 52.6 Å². The molecule has 14 heteroatoms. The summed E-state index contributed by atoms with van der Waals surface area (Å²) in [5.41, 5.74) is 3.07. The maximum absolute atomic E-state index is 10.6. The van der Waals surface area contributed by atoms with Gasteiger partial charge in [-0.3, -0.25) is 9.80 Å². The maximum atomic E-state index is 10.6. The van der Waals surface area contributed by atoms with Crippen molar-refractivity contribution >= 4 is 11.9 Å². The molecule has 2 N–H and O–H groups in total. The van der Waals surface area contributed by atoms with E-state index in [-0.39, 0.29) is 0 Å². The Bertz CT molecular complexity index is 897. The van der Waals surface area contributed by atoms with Crippen molar-refractivity contribution in [1.82, 2.24) is 9.80 Å². The SMILES string of the molecule is Cc1ccc(CN2CCOCC3(CCN(C4CCOCC4)C3)C2)cc1.O=C(O)C(F)(F)F.O=C(O)C(F)(F)F. The van der Waals surface area contributed by atoms with Crippen molar-refractivity contribution in [3.8, 4) is 0 Å². The fourth-order valence-electron chi connectivity index (χ4n) is 4.75. The summed E-state index contributed by atoms with van der Waals surface area (Å²) in [5.74, 6) is -5.51. The molecule has 3 fully saturated rings. The van der Waals surface area contributed by atoms with Gasteiger partial charge in [0.25, 0.3) is 0 Å². The highest BCUT2D eigenvalue weighted by Crippen LogP contribution is 2.36. The van der Waals surface area contributed by atoms with E-state index in [1.165, 1.54) is 50.0 Å². The quantitative estimate of drug-likeness (QED) is 0.526. The van der Waals surface area contributed by atoms with Gasteiger partial charge in [-0.15, -0.1) is 0 Å². The van der Waals surface area contributed by atoms with Gasteiger partial charge >= 0.3 is 24.3 Å². The van der Waals surface area contributed by atoms with Gasteiger partial charge in [0.05, 0.1) is 13.2 Å². The van der Waals surface area contributed by atoms with Gasteiger partial charge < -0.3 is 19.7 Å². The molecule has 39 heavy (non-hydrogen) atoms. The molecule has 3 saturated heterocycles. The summed E-state index contributed by atoms with van der Waals surface area (Å²) in [5, 5.41) is 14.2. The summed E-state index contributed by atoms with van der Waals surface area (Å²) in [7, 11) is 0. The summed E-state index contributed by atoms with van der Waals surface area (Å²) < 4.78 is 75.1. The van der Waals surface area contributed by atoms with Crippen LogP contribution in [0.3, 0.4) is 0 Å². The number of nitrogens with zero attached hydrogens (tertiary/aromatic N) is 2. The molecule has 0 aromatic heterocycles. The zero-order valence-electron chi connectivity index (χ0n) is 21.6. The van der Waals surface area contributed by atoms with Crippen LogP contribution < -0.4 is 0 Å². The molecule has 1 spiro atoms. The summed E-state index contributed by atoms with van der Waals surface area (Å²) in [4.78, 5) is 23.1. The zero-order chi connectivity index (χ0) is 29.3. The van der Waals surface area contributed by atoms with E-state index in [2.05, 4.69) is 41.0 Å². The van der Waals surface area contributed by atoms with Gasteiger partial charge in [-0.2, -0.15) is 26.3 Å². The molecule has 0 amide bonds. The molecule has 3 aliphatic heterocycles. The van der Waals surface area contributed by atoms with Gasteiger partial charge in [-0.05, 0) is 38.3 Å². The number of carbonyl (C=O) groups is 2. The lowest BCUT2D eigenvalue weighted by atomic mass is 9.87. The lowest BCUT2D eigenvalue weighted by Gasteiger charge is -2.35. The zero-order valence-corrected chi connectivity index (χ0v) is 21.6. The molecule has 4 rings (SSSR count). The number of ether oxygens (including phenoxy) is 2. The first-order valence-corrected chi connectivity index (χ1v) is 12.4. The number of halogens is 6. The van der Waals surface area contributed by atoms with Crippen LogP contribution in [0.1, 0.15) is 30.4 Å². The molecule has 3 aliphatic rings. The van der Waals surface area contributed by atoms with Gasteiger partial charge in [0.15, 0.2) is 0 Å².